The van der Waals surface area contributed by atoms with Gasteiger partial charge in [-0.2, -0.15) is 0 Å². The molecule has 330 valence electrons. The number of rotatable bonds is 8. The zero-order valence-corrected chi connectivity index (χ0v) is 35.7. The predicted molar refractivity (Wildman–Crippen MR) is 210 cm³/mol. The van der Waals surface area contributed by atoms with Crippen molar-refractivity contribution < 1.29 is 64.3 Å². The molecule has 7 rings (SSSR count). The molecule has 18 atom stereocenters. The second kappa shape index (κ2) is 15.3. The molecule has 18 unspecified atom stereocenters. The molecule has 1 amide bonds. The van der Waals surface area contributed by atoms with Gasteiger partial charge in [-0.15, -0.1) is 0 Å². The summed E-state index contributed by atoms with van der Waals surface area (Å²) in [6.45, 7) is 16.5. The standard InChI is InChI=1S/C44H71NO13/c1-22(48)45-30-35(58-37-34(52)33(51)31(49)25(20-46)56-37)32(50)26(21-47)55-36(30)57-29-12-13-41(6)27(40(29,4)5)11-14-43(8)28(41)10-9-23-24-19-39(2,3)15-17-44(24,38(53)54)18-16-42(23,43)7/h9,24-37,46-47,49-52H,10-21H2,1-8H3,(H,45,48)(H,53,54). The summed E-state index contributed by atoms with van der Waals surface area (Å²) in [4.78, 5) is 25.8. The maximum Gasteiger partial charge on any atom is 0.310 e. The molecule has 2 saturated heterocycles. The first-order chi connectivity index (χ1) is 27.0. The molecule has 4 saturated carbocycles. The average molecular weight is 822 g/mol. The van der Waals surface area contributed by atoms with Crippen molar-refractivity contribution in [2.24, 2.45) is 50.2 Å². The second-order valence-corrected chi connectivity index (χ2v) is 21.4. The van der Waals surface area contributed by atoms with E-state index >= 15 is 0 Å². The van der Waals surface area contributed by atoms with Crippen LogP contribution in [0.15, 0.2) is 11.6 Å². The normalized spacial score (nSPS) is 50.9. The summed E-state index contributed by atoms with van der Waals surface area (Å²) in [7, 11) is 0. The summed E-state index contributed by atoms with van der Waals surface area (Å²) in [5.74, 6) is -0.454. The third-order valence-electron chi connectivity index (χ3n) is 17.7. The highest BCUT2D eigenvalue weighted by Crippen LogP contribution is 2.76. The van der Waals surface area contributed by atoms with E-state index in [1.165, 1.54) is 12.5 Å². The molecule has 14 heteroatoms. The molecule has 0 aromatic carbocycles. The van der Waals surface area contributed by atoms with E-state index in [-0.39, 0.29) is 45.0 Å². The lowest BCUT2D eigenvalue weighted by Crippen LogP contribution is -2.69. The number of aliphatic hydroxyl groups excluding tert-OH is 6. The van der Waals surface area contributed by atoms with Gasteiger partial charge in [-0.05, 0) is 109 Å². The van der Waals surface area contributed by atoms with Gasteiger partial charge in [0.15, 0.2) is 12.6 Å². The monoisotopic (exact) mass is 821 g/mol. The largest absolute Gasteiger partial charge is 0.481 e. The number of amides is 1. The summed E-state index contributed by atoms with van der Waals surface area (Å²) in [6.07, 6.45) is -2.61. The van der Waals surface area contributed by atoms with Crippen molar-refractivity contribution >= 4 is 11.9 Å². The van der Waals surface area contributed by atoms with Crippen LogP contribution >= 0.6 is 0 Å². The van der Waals surface area contributed by atoms with Crippen LogP contribution in [0.2, 0.25) is 0 Å². The van der Waals surface area contributed by atoms with Crippen molar-refractivity contribution in [1.29, 1.82) is 0 Å². The molecule has 58 heavy (non-hydrogen) atoms. The molecule has 0 bridgehead atoms. The lowest BCUT2D eigenvalue weighted by molar-refractivity contribution is -0.353. The van der Waals surface area contributed by atoms with E-state index in [1.807, 2.05) is 0 Å². The second-order valence-electron chi connectivity index (χ2n) is 21.4. The number of fused-ring (bicyclic) bond motifs is 7. The number of aliphatic carboxylic acids is 1. The summed E-state index contributed by atoms with van der Waals surface area (Å²) in [5.41, 5.74) is 0.206. The molecule has 7 aliphatic rings. The summed E-state index contributed by atoms with van der Waals surface area (Å²) in [5, 5.41) is 76.6. The lowest BCUT2D eigenvalue weighted by atomic mass is 9.33. The van der Waals surface area contributed by atoms with Crippen LogP contribution in [-0.2, 0) is 28.5 Å². The molecule has 2 heterocycles. The summed E-state index contributed by atoms with van der Waals surface area (Å²) in [6, 6.07) is -1.14. The van der Waals surface area contributed by atoms with Gasteiger partial charge in [-0.1, -0.05) is 60.1 Å². The number of carboxylic acid groups (broad SMARTS) is 1. The summed E-state index contributed by atoms with van der Waals surface area (Å²) < 4.78 is 24.8. The van der Waals surface area contributed by atoms with E-state index in [1.54, 1.807) is 0 Å². The van der Waals surface area contributed by atoms with E-state index in [2.05, 4.69) is 59.9 Å². The average Bonchev–Trinajstić information content (AvgIpc) is 3.14. The maximum absolute atomic E-state index is 13.1. The van der Waals surface area contributed by atoms with Crippen LogP contribution in [0, 0.1) is 50.2 Å². The number of carbonyl (C=O) groups is 2. The number of carboxylic acids is 1. The Kier molecular flexibility index (Phi) is 11.7. The van der Waals surface area contributed by atoms with Crippen LogP contribution in [0.4, 0.5) is 0 Å². The van der Waals surface area contributed by atoms with Gasteiger partial charge in [-0.3, -0.25) is 9.59 Å². The van der Waals surface area contributed by atoms with E-state index < -0.39 is 91.9 Å². The highest BCUT2D eigenvalue weighted by Gasteiger charge is 2.69. The summed E-state index contributed by atoms with van der Waals surface area (Å²) >= 11 is 0. The van der Waals surface area contributed by atoms with Crippen molar-refractivity contribution in [2.45, 2.75) is 187 Å². The maximum atomic E-state index is 13.1. The number of carbonyl (C=O) groups excluding carboxylic acids is 1. The van der Waals surface area contributed by atoms with Crippen LogP contribution in [0.25, 0.3) is 0 Å². The first-order valence-electron chi connectivity index (χ1n) is 21.8. The topological polar surface area (TPSA) is 225 Å². The molecular formula is C44H71NO13. The van der Waals surface area contributed by atoms with Crippen LogP contribution in [0.5, 0.6) is 0 Å². The van der Waals surface area contributed by atoms with Gasteiger partial charge in [0.25, 0.3) is 0 Å². The Morgan fingerprint density at radius 3 is 2.05 bits per heavy atom. The van der Waals surface area contributed by atoms with Gasteiger partial charge in [-0.25, -0.2) is 0 Å². The fraction of sp³-hybridized carbons (Fsp3) is 0.909. The fourth-order valence-corrected chi connectivity index (χ4v) is 14.1. The lowest BCUT2D eigenvalue weighted by Gasteiger charge is -2.71. The van der Waals surface area contributed by atoms with Crippen molar-refractivity contribution in [1.82, 2.24) is 5.32 Å². The fourth-order valence-electron chi connectivity index (χ4n) is 14.1. The Bertz CT molecular complexity index is 1600. The Labute approximate surface area is 343 Å². The molecular weight excluding hydrogens is 750 g/mol. The molecule has 5 aliphatic carbocycles. The number of aliphatic hydroxyl groups is 6. The number of ether oxygens (including phenoxy) is 4. The minimum atomic E-state index is -1.76. The molecule has 8 N–H and O–H groups in total. The Morgan fingerprint density at radius 2 is 1.41 bits per heavy atom. The third-order valence-corrected chi connectivity index (χ3v) is 17.7. The quantitative estimate of drug-likeness (QED) is 0.130. The van der Waals surface area contributed by atoms with Gasteiger partial charge in [0.1, 0.15) is 48.8 Å². The van der Waals surface area contributed by atoms with Crippen molar-refractivity contribution in [2.75, 3.05) is 13.2 Å². The zero-order valence-electron chi connectivity index (χ0n) is 35.7. The minimum Gasteiger partial charge on any atom is -0.481 e. The molecule has 14 nitrogen and oxygen atoms in total. The molecule has 0 spiro atoms. The number of hydrogen-bond acceptors (Lipinski definition) is 12. The van der Waals surface area contributed by atoms with Gasteiger partial charge in [0.05, 0.1) is 24.7 Å². The van der Waals surface area contributed by atoms with E-state index in [4.69, 9.17) is 18.9 Å². The molecule has 6 fully saturated rings. The first kappa shape index (κ1) is 44.3. The van der Waals surface area contributed by atoms with Crippen LogP contribution in [0.1, 0.15) is 120 Å². The molecule has 0 aromatic heterocycles. The van der Waals surface area contributed by atoms with Crippen LogP contribution in [-0.4, -0.2) is 128 Å². The van der Waals surface area contributed by atoms with Gasteiger partial charge >= 0.3 is 5.97 Å². The van der Waals surface area contributed by atoms with E-state index in [0.29, 0.717) is 18.8 Å². The highest BCUT2D eigenvalue weighted by molar-refractivity contribution is 5.76. The van der Waals surface area contributed by atoms with Gasteiger partial charge in [0, 0.05) is 6.92 Å². The van der Waals surface area contributed by atoms with Crippen molar-refractivity contribution in [3.63, 3.8) is 0 Å². The van der Waals surface area contributed by atoms with E-state index in [9.17, 15) is 45.3 Å². The number of nitrogens with one attached hydrogen (secondary N) is 1. The first-order valence-corrected chi connectivity index (χ1v) is 21.8. The van der Waals surface area contributed by atoms with Crippen LogP contribution in [0.3, 0.4) is 0 Å². The highest BCUT2D eigenvalue weighted by atomic mass is 16.7. The third kappa shape index (κ3) is 6.73. The van der Waals surface area contributed by atoms with Crippen molar-refractivity contribution in [3.05, 3.63) is 11.6 Å². The Hall–Kier alpha value is -1.72. The Morgan fingerprint density at radius 1 is 0.776 bits per heavy atom. The zero-order chi connectivity index (χ0) is 42.5. The van der Waals surface area contributed by atoms with Gasteiger partial charge < -0.3 is 60.0 Å². The molecule has 0 aromatic rings. The number of allylic oxidation sites excluding steroid dienone is 2. The number of hydrogen-bond donors (Lipinski definition) is 8. The minimum absolute atomic E-state index is 0.0270. The van der Waals surface area contributed by atoms with Crippen molar-refractivity contribution in [3.8, 4) is 0 Å². The van der Waals surface area contributed by atoms with E-state index in [0.717, 1.165) is 51.4 Å². The molecule has 2 aliphatic heterocycles. The molecule has 0 radical (unpaired) electrons. The Balaban J connectivity index is 1.15. The van der Waals surface area contributed by atoms with Crippen LogP contribution < -0.4 is 5.32 Å². The SMILES string of the molecule is CC(=O)NC1C(OC2CCC3(C)C(CCC4(C)C3CC=C3C5CC(C)(C)CCC5(C(=O)O)CCC34C)C2(C)C)OC(CO)C(O)C1OC1OC(CO)C(O)C(O)C1O. The van der Waals surface area contributed by atoms with Gasteiger partial charge in [0.2, 0.25) is 5.91 Å². The predicted octanol–water partition coefficient (Wildman–Crippen LogP) is 3.03. The smallest absolute Gasteiger partial charge is 0.310 e.